The third-order valence-corrected chi connectivity index (χ3v) is 7.72. The average molecular weight is 514 g/mol. The molecular weight excluding hydrogens is 480 g/mol. The largest absolute Gasteiger partial charge is 0.0629 e. The maximum Gasteiger partial charge on any atom is 0.0629 e. The minimum Gasteiger partial charge on any atom is -0.0616 e. The van der Waals surface area contributed by atoms with Crippen LogP contribution in [-0.4, -0.2) is 0 Å². The van der Waals surface area contributed by atoms with Gasteiger partial charge in [0.25, 0.3) is 0 Å². The van der Waals surface area contributed by atoms with E-state index in [0.29, 0.717) is 5.56 Å². The van der Waals surface area contributed by atoms with Gasteiger partial charge in [0.2, 0.25) is 0 Å². The van der Waals surface area contributed by atoms with Crippen LogP contribution in [0.4, 0.5) is 0 Å². The third kappa shape index (κ3) is 3.61. The summed E-state index contributed by atoms with van der Waals surface area (Å²) in [6.45, 7) is 0. The molecule has 0 unspecified atom stereocenters. The first kappa shape index (κ1) is 16.7. The summed E-state index contributed by atoms with van der Waals surface area (Å²) >= 11 is 0. The van der Waals surface area contributed by atoms with Gasteiger partial charge in [-0.3, -0.25) is 0 Å². The lowest BCUT2D eigenvalue weighted by atomic mass is 9.85. The van der Waals surface area contributed by atoms with Crippen molar-refractivity contribution < 1.29 is 9.60 Å². The summed E-state index contributed by atoms with van der Waals surface area (Å²) in [4.78, 5) is 0. The quantitative estimate of drug-likeness (QED) is 0.206. The number of fused-ring (bicyclic) bond motifs is 4. The molecule has 0 aliphatic rings. The van der Waals surface area contributed by atoms with Gasteiger partial charge in [-0.05, 0) is 88.6 Å². The summed E-state index contributed by atoms with van der Waals surface area (Å²) < 4.78 is 59.8. The maximum absolute atomic E-state index is 8.90. The summed E-state index contributed by atoms with van der Waals surface area (Å²) in [5.41, 5.74) is 4.90. The summed E-state index contributed by atoms with van der Waals surface area (Å²) in [5.74, 6) is 0. The van der Waals surface area contributed by atoms with Crippen molar-refractivity contribution in [2.45, 2.75) is 0 Å². The molecule has 0 N–H and O–H groups in total. The summed E-state index contributed by atoms with van der Waals surface area (Å²) in [6, 6.07) is 36.6. The van der Waals surface area contributed by atoms with Crippen LogP contribution in [0, 0.1) is 0 Å². The topological polar surface area (TPSA) is 0 Å². The zero-order valence-electron chi connectivity index (χ0n) is 28.5. The van der Waals surface area contributed by atoms with Crippen LogP contribution in [0.5, 0.6) is 0 Å². The van der Waals surface area contributed by atoms with E-state index >= 15 is 0 Å². The Morgan fingerprint density at radius 2 is 0.925 bits per heavy atom. The second-order valence-corrected chi connectivity index (χ2v) is 9.98. The molecule has 0 fully saturated rings. The van der Waals surface area contributed by atoms with E-state index in [4.69, 9.17) is 9.60 Å². The van der Waals surface area contributed by atoms with Gasteiger partial charge in [0.15, 0.2) is 0 Å². The highest BCUT2D eigenvalue weighted by atomic mass is 14.2. The Hall–Kier alpha value is -5.20. The van der Waals surface area contributed by atoms with E-state index in [9.17, 15) is 0 Å². The second kappa shape index (κ2) is 9.22. The summed E-state index contributed by atoms with van der Waals surface area (Å²) in [7, 11) is 0. The molecule has 0 nitrogen and oxygen atoms in total. The highest BCUT2D eigenvalue weighted by Crippen LogP contribution is 2.44. The fourth-order valence-corrected chi connectivity index (χ4v) is 5.95. The van der Waals surface area contributed by atoms with Gasteiger partial charge in [0.1, 0.15) is 0 Å². The lowest BCUT2D eigenvalue weighted by Gasteiger charge is -2.18. The van der Waals surface area contributed by atoms with Crippen LogP contribution >= 0.6 is 0 Å². The van der Waals surface area contributed by atoms with Crippen molar-refractivity contribution in [2.75, 3.05) is 0 Å². The molecule has 40 heavy (non-hydrogen) atoms. The Morgan fingerprint density at radius 3 is 1.65 bits per heavy atom. The van der Waals surface area contributed by atoms with Gasteiger partial charge in [-0.25, -0.2) is 0 Å². The average Bonchev–Trinajstić information content (AvgIpc) is 3.10. The molecule has 0 saturated carbocycles. The third-order valence-electron chi connectivity index (χ3n) is 7.72. The van der Waals surface area contributed by atoms with Crippen LogP contribution in [0.1, 0.15) is 9.60 Å². The normalized spacial score (nSPS) is 13.9. The summed E-state index contributed by atoms with van der Waals surface area (Å²) in [6.07, 6.45) is 0. The molecule has 0 aliphatic carbocycles. The van der Waals surface area contributed by atoms with Crippen LogP contribution < -0.4 is 0 Å². The lowest BCUT2D eigenvalue weighted by molar-refractivity contribution is 1.63. The van der Waals surface area contributed by atoms with Gasteiger partial charge in [-0.1, -0.05) is 145 Å². The highest BCUT2D eigenvalue weighted by Gasteiger charge is 2.17. The molecule has 0 saturated heterocycles. The van der Waals surface area contributed by atoms with Crippen molar-refractivity contribution >= 4 is 43.1 Å². The van der Waals surface area contributed by atoms with Gasteiger partial charge < -0.3 is 0 Å². The SMILES string of the molecule is [2H]c1c([2H])c([2H])c2c(-c3cccc(-c4c5ccccc5c(-c5ccc6ccccc6c5)c5ccccc45)c3)c([2H])c([2H])c([2H])c2c1[2H]. The molecular formula is C40H26. The smallest absolute Gasteiger partial charge is 0.0616 e. The minimum atomic E-state index is -0.461. The van der Waals surface area contributed by atoms with Gasteiger partial charge in [0.05, 0.1) is 9.60 Å². The van der Waals surface area contributed by atoms with E-state index in [2.05, 4.69) is 60.7 Å². The Kier molecular flexibility index (Phi) is 3.85. The number of hydrogen-bond donors (Lipinski definition) is 0. The van der Waals surface area contributed by atoms with Gasteiger partial charge in [-0.15, -0.1) is 0 Å². The maximum atomic E-state index is 8.90. The molecule has 8 aromatic rings. The second-order valence-electron chi connectivity index (χ2n) is 9.98. The van der Waals surface area contributed by atoms with Gasteiger partial charge >= 0.3 is 0 Å². The molecule has 0 spiro atoms. The van der Waals surface area contributed by atoms with Crippen molar-refractivity contribution in [2.24, 2.45) is 0 Å². The zero-order chi connectivity index (χ0) is 32.6. The van der Waals surface area contributed by atoms with E-state index in [1.54, 1.807) is 6.07 Å². The van der Waals surface area contributed by atoms with Crippen molar-refractivity contribution in [1.29, 1.82) is 0 Å². The highest BCUT2D eigenvalue weighted by molar-refractivity contribution is 6.22. The molecule has 8 rings (SSSR count). The first-order valence-corrected chi connectivity index (χ1v) is 13.3. The van der Waals surface area contributed by atoms with Crippen molar-refractivity contribution in [1.82, 2.24) is 0 Å². The van der Waals surface area contributed by atoms with Crippen molar-refractivity contribution in [3.05, 3.63) is 158 Å². The zero-order valence-corrected chi connectivity index (χ0v) is 21.5. The summed E-state index contributed by atoms with van der Waals surface area (Å²) in [5, 5.41) is 6.66. The van der Waals surface area contributed by atoms with Crippen LogP contribution in [0.15, 0.2) is 158 Å². The number of hydrogen-bond acceptors (Lipinski definition) is 0. The van der Waals surface area contributed by atoms with Crippen LogP contribution in [0.3, 0.4) is 0 Å². The molecule has 0 amide bonds. The minimum absolute atomic E-state index is 0.0481. The Labute approximate surface area is 243 Å². The lowest BCUT2D eigenvalue weighted by Crippen LogP contribution is -1.91. The molecule has 0 aromatic heterocycles. The van der Waals surface area contributed by atoms with E-state index in [1.165, 1.54) is 10.8 Å². The van der Waals surface area contributed by atoms with Crippen molar-refractivity contribution in [3.8, 4) is 33.4 Å². The predicted octanol–water partition coefficient (Wildman–Crippen LogP) is 11.3. The molecule has 0 aliphatic heterocycles. The molecule has 0 heteroatoms. The molecule has 8 aromatic carbocycles. The van der Waals surface area contributed by atoms with Crippen LogP contribution in [0.2, 0.25) is 0 Å². The van der Waals surface area contributed by atoms with Gasteiger partial charge in [0, 0.05) is 0 Å². The van der Waals surface area contributed by atoms with Crippen molar-refractivity contribution in [3.63, 3.8) is 0 Å². The molecule has 0 heterocycles. The Morgan fingerprint density at radius 1 is 0.350 bits per heavy atom. The predicted molar refractivity (Wildman–Crippen MR) is 173 cm³/mol. The monoisotopic (exact) mass is 513 g/mol. The molecule has 186 valence electrons. The first-order valence-electron chi connectivity index (χ1n) is 16.8. The van der Waals surface area contributed by atoms with E-state index in [-0.39, 0.29) is 46.5 Å². The fraction of sp³-hybridized carbons (Fsp3) is 0. The standard InChI is InChI=1S/C40H26/c1-2-13-29-25-32(24-23-27(29)11-1)40-37-20-7-5-18-35(37)39(36-19-6-8-21-38(36)40)31-16-9-15-30(26-31)34-22-10-14-28-12-3-4-17-33(28)34/h1-26H/i3D,4D,10D,12D,14D,17D,22D. The fourth-order valence-electron chi connectivity index (χ4n) is 5.95. The van der Waals surface area contributed by atoms with E-state index in [1.807, 2.05) is 48.5 Å². The first-order chi connectivity index (χ1) is 22.8. The molecule has 0 radical (unpaired) electrons. The van der Waals surface area contributed by atoms with Crippen LogP contribution in [0.25, 0.3) is 76.5 Å². The Bertz CT molecular complexity index is 2540. The van der Waals surface area contributed by atoms with E-state index in [0.717, 1.165) is 43.8 Å². The van der Waals surface area contributed by atoms with Gasteiger partial charge in [-0.2, -0.15) is 0 Å². The number of rotatable bonds is 3. The number of benzene rings is 8. The molecule has 0 bridgehead atoms. The molecule has 0 atom stereocenters. The van der Waals surface area contributed by atoms with E-state index < -0.39 is 12.1 Å². The van der Waals surface area contributed by atoms with Crippen LogP contribution in [-0.2, 0) is 0 Å². The Balaban J connectivity index is 1.44.